The van der Waals surface area contributed by atoms with Gasteiger partial charge < -0.3 is 14.6 Å². The summed E-state index contributed by atoms with van der Waals surface area (Å²) >= 11 is 5.87. The van der Waals surface area contributed by atoms with Crippen LogP contribution in [-0.2, 0) is 22.1 Å². The summed E-state index contributed by atoms with van der Waals surface area (Å²) in [5.41, 5.74) is -2.54. The molecule has 0 saturated carbocycles. The predicted molar refractivity (Wildman–Crippen MR) is 111 cm³/mol. The van der Waals surface area contributed by atoms with Crippen molar-refractivity contribution in [1.82, 2.24) is 0 Å². The summed E-state index contributed by atoms with van der Waals surface area (Å²) in [5.74, 6) is -2.85. The fourth-order valence-corrected chi connectivity index (χ4v) is 3.00. The van der Waals surface area contributed by atoms with Crippen LogP contribution in [0, 0.1) is 10.1 Å². The number of alkyl halides is 3. The molecule has 0 amide bonds. The van der Waals surface area contributed by atoms with Crippen molar-refractivity contribution in [3.63, 3.8) is 0 Å². The highest BCUT2D eigenvalue weighted by atomic mass is 35.5. The molecule has 0 spiro atoms. The van der Waals surface area contributed by atoms with E-state index in [2.05, 4.69) is 6.58 Å². The summed E-state index contributed by atoms with van der Waals surface area (Å²) in [7, 11) is 0. The van der Waals surface area contributed by atoms with Gasteiger partial charge in [0.15, 0.2) is 0 Å². The summed E-state index contributed by atoms with van der Waals surface area (Å²) in [6, 6.07) is 4.25. The molecule has 0 bridgehead atoms. The van der Waals surface area contributed by atoms with Gasteiger partial charge in [0.2, 0.25) is 0 Å². The van der Waals surface area contributed by atoms with Gasteiger partial charge in [0, 0.05) is 23.6 Å². The monoisotopic (exact) mass is 487 g/mol. The van der Waals surface area contributed by atoms with E-state index in [0.29, 0.717) is 12.1 Å². The quantitative estimate of drug-likeness (QED) is 0.216. The lowest BCUT2D eigenvalue weighted by Crippen LogP contribution is -2.19. The molecule has 8 nitrogen and oxygen atoms in total. The highest BCUT2D eigenvalue weighted by Gasteiger charge is 2.32. The van der Waals surface area contributed by atoms with Crippen molar-refractivity contribution in [3.8, 4) is 11.5 Å². The van der Waals surface area contributed by atoms with Gasteiger partial charge in [0.25, 0.3) is 5.69 Å². The number of carboxylic acids is 1. The van der Waals surface area contributed by atoms with Gasteiger partial charge in [-0.2, -0.15) is 13.2 Å². The highest BCUT2D eigenvalue weighted by Crippen LogP contribution is 2.38. The number of ether oxygens (including phenoxy) is 2. The standard InChI is InChI=1S/C21H17ClF3NO7/c1-10(2)20(29)32-11(3)6-12-7-14(9-15(19(27)28)18(12)26(30)31)33-17-5-4-13(8-16(17)22)21(23,24)25/h4-5,7-9,11H,1,6H2,2-3H3,(H,27,28). The smallest absolute Gasteiger partial charge is 0.416 e. The van der Waals surface area contributed by atoms with Gasteiger partial charge in [-0.15, -0.1) is 0 Å². The lowest BCUT2D eigenvalue weighted by atomic mass is 10.0. The molecule has 0 aromatic heterocycles. The number of nitrogens with zero attached hydrogens (tertiary/aromatic N) is 1. The molecule has 2 aromatic carbocycles. The van der Waals surface area contributed by atoms with Crippen LogP contribution in [0.4, 0.5) is 18.9 Å². The molecule has 1 unspecified atom stereocenters. The minimum absolute atomic E-state index is 0.0941. The third kappa shape index (κ3) is 6.45. The number of hydrogen-bond donors (Lipinski definition) is 1. The molecule has 12 heteroatoms. The molecule has 2 aromatic rings. The number of carboxylic acid groups (broad SMARTS) is 1. The van der Waals surface area contributed by atoms with Gasteiger partial charge in [0.1, 0.15) is 23.2 Å². The molecule has 1 atom stereocenters. The molecule has 0 heterocycles. The molecular formula is C21H17ClF3NO7. The van der Waals surface area contributed by atoms with E-state index in [0.717, 1.165) is 18.2 Å². The van der Waals surface area contributed by atoms with Gasteiger partial charge in [0.05, 0.1) is 15.5 Å². The Labute approximate surface area is 190 Å². The van der Waals surface area contributed by atoms with Crippen molar-refractivity contribution in [1.29, 1.82) is 0 Å². The molecule has 33 heavy (non-hydrogen) atoms. The first kappa shape index (κ1) is 25.7. The van der Waals surface area contributed by atoms with Gasteiger partial charge in [-0.3, -0.25) is 10.1 Å². The molecule has 0 aliphatic heterocycles. The van der Waals surface area contributed by atoms with Crippen LogP contribution in [0.3, 0.4) is 0 Å². The lowest BCUT2D eigenvalue weighted by Gasteiger charge is -2.16. The zero-order chi connectivity index (χ0) is 25.1. The second-order valence-electron chi connectivity index (χ2n) is 6.99. The summed E-state index contributed by atoms with van der Waals surface area (Å²) in [6.07, 6.45) is -5.80. The van der Waals surface area contributed by atoms with E-state index in [-0.39, 0.29) is 29.1 Å². The van der Waals surface area contributed by atoms with E-state index in [9.17, 15) is 38.0 Å². The third-order valence-corrected chi connectivity index (χ3v) is 4.52. The summed E-state index contributed by atoms with van der Waals surface area (Å²) in [4.78, 5) is 34.0. The largest absolute Gasteiger partial charge is 0.477 e. The van der Waals surface area contributed by atoms with Crippen LogP contribution in [0.25, 0.3) is 0 Å². The first-order valence-electron chi connectivity index (χ1n) is 9.16. The van der Waals surface area contributed by atoms with Gasteiger partial charge in [-0.05, 0) is 38.1 Å². The van der Waals surface area contributed by atoms with Crippen molar-refractivity contribution in [3.05, 3.63) is 74.3 Å². The van der Waals surface area contributed by atoms with Crippen molar-refractivity contribution < 1.29 is 42.3 Å². The first-order valence-corrected chi connectivity index (χ1v) is 9.54. The normalized spacial score (nSPS) is 12.1. The fourth-order valence-electron chi connectivity index (χ4n) is 2.78. The first-order chi connectivity index (χ1) is 15.2. The Morgan fingerprint density at radius 2 is 1.91 bits per heavy atom. The predicted octanol–water partition coefficient (Wildman–Crippen LogP) is 5.81. The number of halogens is 4. The Hall–Kier alpha value is -3.60. The molecule has 0 aliphatic rings. The number of nitro groups is 1. The average Bonchev–Trinajstić information content (AvgIpc) is 2.67. The summed E-state index contributed by atoms with van der Waals surface area (Å²) in [6.45, 7) is 6.27. The number of benzene rings is 2. The van der Waals surface area contributed by atoms with Gasteiger partial charge in [-0.1, -0.05) is 18.2 Å². The van der Waals surface area contributed by atoms with E-state index in [4.69, 9.17) is 21.1 Å². The van der Waals surface area contributed by atoms with Crippen LogP contribution in [0.15, 0.2) is 42.5 Å². The summed E-state index contributed by atoms with van der Waals surface area (Å²) in [5, 5.41) is 20.6. The van der Waals surface area contributed by atoms with E-state index in [1.807, 2.05) is 0 Å². The van der Waals surface area contributed by atoms with E-state index in [1.165, 1.54) is 13.8 Å². The Morgan fingerprint density at radius 1 is 1.27 bits per heavy atom. The molecule has 2 rings (SSSR count). The Bertz CT molecular complexity index is 1130. The van der Waals surface area contributed by atoms with Crippen molar-refractivity contribution in [2.24, 2.45) is 0 Å². The topological polar surface area (TPSA) is 116 Å². The van der Waals surface area contributed by atoms with Crippen LogP contribution in [0.2, 0.25) is 5.02 Å². The van der Waals surface area contributed by atoms with Gasteiger partial charge in [-0.25, -0.2) is 9.59 Å². The number of carbonyl (C=O) groups excluding carboxylic acids is 1. The molecule has 0 fully saturated rings. The maximum atomic E-state index is 12.8. The lowest BCUT2D eigenvalue weighted by molar-refractivity contribution is -0.386. The second-order valence-corrected chi connectivity index (χ2v) is 7.39. The molecular weight excluding hydrogens is 471 g/mol. The minimum Gasteiger partial charge on any atom is -0.477 e. The van der Waals surface area contributed by atoms with Crippen molar-refractivity contribution in [2.75, 3.05) is 0 Å². The van der Waals surface area contributed by atoms with Gasteiger partial charge >= 0.3 is 18.1 Å². The van der Waals surface area contributed by atoms with Crippen LogP contribution < -0.4 is 4.74 Å². The maximum Gasteiger partial charge on any atom is 0.416 e. The third-order valence-electron chi connectivity index (χ3n) is 4.23. The Morgan fingerprint density at radius 3 is 2.39 bits per heavy atom. The van der Waals surface area contributed by atoms with E-state index < -0.39 is 51.0 Å². The number of carbonyl (C=O) groups is 2. The molecule has 0 aliphatic carbocycles. The molecule has 0 radical (unpaired) electrons. The number of rotatable bonds is 8. The zero-order valence-electron chi connectivity index (χ0n) is 17.2. The van der Waals surface area contributed by atoms with E-state index in [1.54, 1.807) is 0 Å². The molecule has 0 saturated heterocycles. The minimum atomic E-state index is -4.64. The van der Waals surface area contributed by atoms with E-state index >= 15 is 0 Å². The van der Waals surface area contributed by atoms with Crippen LogP contribution >= 0.6 is 11.6 Å². The second kappa shape index (κ2) is 9.90. The Balaban J connectivity index is 2.50. The van der Waals surface area contributed by atoms with Crippen molar-refractivity contribution >= 4 is 29.2 Å². The number of nitro benzene ring substituents is 1. The number of aromatic carboxylic acids is 1. The number of esters is 1. The molecule has 176 valence electrons. The van der Waals surface area contributed by atoms with Crippen LogP contribution in [0.5, 0.6) is 11.5 Å². The van der Waals surface area contributed by atoms with Crippen LogP contribution in [0.1, 0.15) is 35.3 Å². The Kier molecular flexibility index (Phi) is 7.70. The maximum absolute atomic E-state index is 12.8. The molecule has 1 N–H and O–H groups in total. The zero-order valence-corrected chi connectivity index (χ0v) is 18.0. The highest BCUT2D eigenvalue weighted by molar-refractivity contribution is 6.32. The SMILES string of the molecule is C=C(C)C(=O)OC(C)Cc1cc(Oc2ccc(C(F)(F)F)cc2Cl)cc(C(=O)O)c1[N+](=O)[O-]. The summed E-state index contributed by atoms with van der Waals surface area (Å²) < 4.78 is 49.0. The van der Waals surface area contributed by atoms with Crippen LogP contribution in [-0.4, -0.2) is 28.1 Å². The average molecular weight is 488 g/mol. The number of hydrogen-bond acceptors (Lipinski definition) is 6. The fraction of sp³-hybridized carbons (Fsp3) is 0.238. The van der Waals surface area contributed by atoms with Crippen molar-refractivity contribution in [2.45, 2.75) is 32.5 Å².